The van der Waals surface area contributed by atoms with E-state index in [9.17, 15) is 0 Å². The minimum atomic E-state index is 0.861. The molecule has 5 nitrogen and oxygen atoms in total. The standard InChI is InChI=1S/C64H41N5/c1-3-15-44(16-4-1)56-37-47(38-57(66-56)45-17-5-2-6-18-45)43-29-27-42(28-30-43)46-35-36-65-64(39-46)69-62-33-31-48(67-58-23-11-7-19-50(58)51-20-8-12-24-59(51)67)40-54(62)55-41-49(32-34-63(55)69)68-60-25-13-9-21-52(60)53-22-10-14-26-61(53)68/h1-41H. The highest BCUT2D eigenvalue weighted by Gasteiger charge is 2.20. The van der Waals surface area contributed by atoms with Gasteiger partial charge < -0.3 is 9.13 Å². The smallest absolute Gasteiger partial charge is 0.138 e. The summed E-state index contributed by atoms with van der Waals surface area (Å²) in [5.41, 5.74) is 17.7. The third-order valence-corrected chi connectivity index (χ3v) is 13.9. The summed E-state index contributed by atoms with van der Waals surface area (Å²) in [6, 6.07) is 87.2. The molecule has 0 atom stereocenters. The summed E-state index contributed by atoms with van der Waals surface area (Å²) < 4.78 is 7.15. The zero-order valence-corrected chi connectivity index (χ0v) is 37.4. The third-order valence-electron chi connectivity index (χ3n) is 13.9. The van der Waals surface area contributed by atoms with Crippen LogP contribution in [0.4, 0.5) is 0 Å². The summed E-state index contributed by atoms with van der Waals surface area (Å²) in [5, 5.41) is 7.29. The minimum absolute atomic E-state index is 0.861. The lowest BCUT2D eigenvalue weighted by molar-refractivity contribution is 1.08. The van der Waals surface area contributed by atoms with E-state index in [0.29, 0.717) is 0 Å². The highest BCUT2D eigenvalue weighted by Crippen LogP contribution is 2.40. The van der Waals surface area contributed by atoms with Crippen molar-refractivity contribution in [1.29, 1.82) is 0 Å². The van der Waals surface area contributed by atoms with E-state index in [1.807, 2.05) is 18.3 Å². The first kappa shape index (κ1) is 38.9. The van der Waals surface area contributed by atoms with Crippen LogP contribution in [0.2, 0.25) is 0 Å². The second kappa shape index (κ2) is 15.7. The summed E-state index contributed by atoms with van der Waals surface area (Å²) in [4.78, 5) is 10.2. The molecule has 9 aromatic carbocycles. The number of aromatic nitrogens is 5. The second-order valence-electron chi connectivity index (χ2n) is 17.8. The number of hydrogen-bond acceptors (Lipinski definition) is 2. The van der Waals surface area contributed by atoms with E-state index in [1.54, 1.807) is 0 Å². The Bertz CT molecular complexity index is 3960. The quantitative estimate of drug-likeness (QED) is 0.160. The van der Waals surface area contributed by atoms with Crippen molar-refractivity contribution >= 4 is 65.4 Å². The average molecular weight is 880 g/mol. The van der Waals surface area contributed by atoms with E-state index in [2.05, 4.69) is 244 Å². The number of nitrogens with zero attached hydrogens (tertiary/aromatic N) is 5. The SMILES string of the molecule is c1ccc(-c2cc(-c3ccc(-c4ccnc(-n5c6ccc(-n7c8ccccc8c8ccccc87)cc6c6cc(-n7c8ccccc8c8ccccc87)ccc65)c4)cc3)cc(-c3ccccc3)n2)cc1. The molecule has 0 unspecified atom stereocenters. The lowest BCUT2D eigenvalue weighted by atomic mass is 9.98. The average Bonchev–Trinajstić information content (AvgIpc) is 4.06. The highest BCUT2D eigenvalue weighted by molar-refractivity contribution is 6.14. The summed E-state index contributed by atoms with van der Waals surface area (Å²) in [5.74, 6) is 0.861. The van der Waals surface area contributed by atoms with Crippen LogP contribution in [0.25, 0.3) is 127 Å². The summed E-state index contributed by atoms with van der Waals surface area (Å²) >= 11 is 0. The number of hydrogen-bond donors (Lipinski definition) is 0. The third kappa shape index (κ3) is 6.32. The van der Waals surface area contributed by atoms with Crippen LogP contribution in [0.15, 0.2) is 249 Å². The first-order chi connectivity index (χ1) is 34.2. The van der Waals surface area contributed by atoms with E-state index < -0.39 is 0 Å². The Balaban J connectivity index is 0.924. The van der Waals surface area contributed by atoms with Crippen molar-refractivity contribution in [1.82, 2.24) is 23.7 Å². The summed E-state index contributed by atoms with van der Waals surface area (Å²) in [7, 11) is 0. The Labute approximate surface area is 398 Å². The molecule has 0 bridgehead atoms. The van der Waals surface area contributed by atoms with Gasteiger partial charge in [-0.25, -0.2) is 9.97 Å². The van der Waals surface area contributed by atoms with Gasteiger partial charge in [0.05, 0.1) is 44.5 Å². The molecule has 5 heteroatoms. The van der Waals surface area contributed by atoms with Crippen LogP contribution in [0, 0.1) is 0 Å². The molecule has 5 aromatic heterocycles. The lowest BCUT2D eigenvalue weighted by Crippen LogP contribution is -1.99. The van der Waals surface area contributed by atoms with Crippen LogP contribution >= 0.6 is 0 Å². The van der Waals surface area contributed by atoms with Gasteiger partial charge in [-0.3, -0.25) is 4.57 Å². The molecule has 0 fully saturated rings. The van der Waals surface area contributed by atoms with Gasteiger partial charge in [-0.15, -0.1) is 0 Å². The Hall–Kier alpha value is -9.32. The highest BCUT2D eigenvalue weighted by atomic mass is 15.1. The van der Waals surface area contributed by atoms with Gasteiger partial charge in [0, 0.05) is 61.0 Å². The number of benzene rings is 9. The fraction of sp³-hybridized carbons (Fsp3) is 0. The predicted octanol–water partition coefficient (Wildman–Crippen LogP) is 16.4. The van der Waals surface area contributed by atoms with Gasteiger partial charge >= 0.3 is 0 Å². The number of para-hydroxylation sites is 4. The van der Waals surface area contributed by atoms with Crippen molar-refractivity contribution in [3.05, 3.63) is 249 Å². The van der Waals surface area contributed by atoms with Gasteiger partial charge in [0.1, 0.15) is 5.82 Å². The molecule has 0 saturated heterocycles. The van der Waals surface area contributed by atoms with Crippen LogP contribution in [-0.2, 0) is 0 Å². The topological polar surface area (TPSA) is 40.6 Å². The molecule has 0 saturated carbocycles. The molecule has 0 aliphatic heterocycles. The number of pyridine rings is 2. The van der Waals surface area contributed by atoms with E-state index >= 15 is 0 Å². The molecule has 0 radical (unpaired) electrons. The van der Waals surface area contributed by atoms with E-state index in [-0.39, 0.29) is 0 Å². The lowest BCUT2D eigenvalue weighted by Gasteiger charge is -2.12. The van der Waals surface area contributed by atoms with Crippen molar-refractivity contribution in [2.45, 2.75) is 0 Å². The second-order valence-corrected chi connectivity index (χ2v) is 17.8. The molecule has 14 rings (SSSR count). The molecule has 0 amide bonds. The molecule has 0 aliphatic carbocycles. The monoisotopic (exact) mass is 879 g/mol. The van der Waals surface area contributed by atoms with Crippen molar-refractivity contribution in [3.8, 4) is 62.0 Å². The van der Waals surface area contributed by atoms with Crippen LogP contribution in [0.5, 0.6) is 0 Å². The van der Waals surface area contributed by atoms with Gasteiger partial charge in [0.15, 0.2) is 0 Å². The fourth-order valence-corrected chi connectivity index (χ4v) is 10.7. The first-order valence-corrected chi connectivity index (χ1v) is 23.5. The molecule has 69 heavy (non-hydrogen) atoms. The Kier molecular flexibility index (Phi) is 8.83. The summed E-state index contributed by atoms with van der Waals surface area (Å²) in [6.45, 7) is 0. The van der Waals surface area contributed by atoms with Gasteiger partial charge in [0.25, 0.3) is 0 Å². The Morgan fingerprint density at radius 2 is 0.638 bits per heavy atom. The molecular formula is C64H41N5. The van der Waals surface area contributed by atoms with Crippen LogP contribution in [-0.4, -0.2) is 23.7 Å². The minimum Gasteiger partial charge on any atom is -0.309 e. The fourth-order valence-electron chi connectivity index (χ4n) is 10.7. The van der Waals surface area contributed by atoms with E-state index in [1.165, 1.54) is 43.6 Å². The normalized spacial score (nSPS) is 11.8. The molecule has 0 N–H and O–H groups in total. The number of rotatable bonds is 7. The maximum Gasteiger partial charge on any atom is 0.138 e. The van der Waals surface area contributed by atoms with Gasteiger partial charge in [-0.2, -0.15) is 0 Å². The molecular weight excluding hydrogens is 839 g/mol. The maximum atomic E-state index is 5.11. The summed E-state index contributed by atoms with van der Waals surface area (Å²) in [6.07, 6.45) is 1.94. The zero-order chi connectivity index (χ0) is 45.4. The van der Waals surface area contributed by atoms with Gasteiger partial charge in [0.2, 0.25) is 0 Å². The van der Waals surface area contributed by atoms with Crippen molar-refractivity contribution in [3.63, 3.8) is 0 Å². The predicted molar refractivity (Wildman–Crippen MR) is 287 cm³/mol. The van der Waals surface area contributed by atoms with Crippen molar-refractivity contribution in [2.75, 3.05) is 0 Å². The first-order valence-electron chi connectivity index (χ1n) is 23.5. The van der Waals surface area contributed by atoms with Crippen LogP contribution in [0.3, 0.4) is 0 Å². The maximum absolute atomic E-state index is 5.11. The van der Waals surface area contributed by atoms with Gasteiger partial charge in [-0.05, 0) is 107 Å². The van der Waals surface area contributed by atoms with E-state index in [4.69, 9.17) is 9.97 Å². The Morgan fingerprint density at radius 3 is 1.09 bits per heavy atom. The molecule has 5 heterocycles. The van der Waals surface area contributed by atoms with Crippen molar-refractivity contribution < 1.29 is 0 Å². The molecule has 322 valence electrons. The number of fused-ring (bicyclic) bond motifs is 9. The van der Waals surface area contributed by atoms with Crippen LogP contribution < -0.4 is 0 Å². The molecule has 0 aliphatic rings. The zero-order valence-electron chi connectivity index (χ0n) is 37.4. The largest absolute Gasteiger partial charge is 0.309 e. The molecule has 0 spiro atoms. The Morgan fingerprint density at radius 1 is 0.246 bits per heavy atom. The van der Waals surface area contributed by atoms with Crippen LogP contribution in [0.1, 0.15) is 0 Å². The molecule has 14 aromatic rings. The van der Waals surface area contributed by atoms with Crippen molar-refractivity contribution in [2.24, 2.45) is 0 Å². The van der Waals surface area contributed by atoms with E-state index in [0.717, 1.165) is 83.8 Å². The van der Waals surface area contributed by atoms with Gasteiger partial charge in [-0.1, -0.05) is 158 Å².